The average molecular weight is 367 g/mol. The Morgan fingerprint density at radius 1 is 1.28 bits per heavy atom. The fourth-order valence-corrected chi connectivity index (χ4v) is 2.94. The number of phenolic OH excluding ortho intramolecular Hbond substituents is 1. The number of carbonyl (C=O) groups excluding carboxylic acids is 1. The number of benzene rings is 1. The maximum atomic E-state index is 12.0. The van der Waals surface area contributed by atoms with Crippen LogP contribution in [0.15, 0.2) is 44.9 Å². The summed E-state index contributed by atoms with van der Waals surface area (Å²) in [6, 6.07) is 4.77. The average Bonchev–Trinajstić information content (AvgIpc) is 2.56. The Hall–Kier alpha value is -2.88. The van der Waals surface area contributed by atoms with Crippen LogP contribution >= 0.6 is 0 Å². The second-order valence-electron chi connectivity index (χ2n) is 5.18. The van der Waals surface area contributed by atoms with Crippen molar-refractivity contribution >= 4 is 21.4 Å². The van der Waals surface area contributed by atoms with E-state index in [1.54, 1.807) is 0 Å². The van der Waals surface area contributed by atoms with Gasteiger partial charge in [0.2, 0.25) is 5.91 Å². The van der Waals surface area contributed by atoms with Crippen LogP contribution < -0.4 is 16.6 Å². The lowest BCUT2D eigenvalue weighted by Crippen LogP contribution is -2.29. The third kappa shape index (κ3) is 4.57. The van der Waals surface area contributed by atoms with Crippen LogP contribution in [0.5, 0.6) is 5.75 Å². The lowest BCUT2D eigenvalue weighted by atomic mass is 10.2. The molecular formula is C15H17N3O6S. The lowest BCUT2D eigenvalue weighted by Gasteiger charge is -2.10. The summed E-state index contributed by atoms with van der Waals surface area (Å²) in [7, 11) is -3.48. The third-order valence-corrected chi connectivity index (χ3v) is 5.19. The predicted molar refractivity (Wildman–Crippen MR) is 90.4 cm³/mol. The summed E-state index contributed by atoms with van der Waals surface area (Å²) in [5, 5.41) is 12.2. The van der Waals surface area contributed by atoms with Crippen molar-refractivity contribution in [1.82, 2.24) is 9.55 Å². The Balaban J connectivity index is 2.11. The van der Waals surface area contributed by atoms with Crippen LogP contribution in [0.4, 0.5) is 5.69 Å². The molecule has 1 heterocycles. The van der Waals surface area contributed by atoms with Gasteiger partial charge in [-0.1, -0.05) is 6.92 Å². The summed E-state index contributed by atoms with van der Waals surface area (Å²) >= 11 is 0. The van der Waals surface area contributed by atoms with Gasteiger partial charge in [0, 0.05) is 25.2 Å². The zero-order valence-corrected chi connectivity index (χ0v) is 14.2. The molecule has 0 fully saturated rings. The Morgan fingerprint density at radius 3 is 2.64 bits per heavy atom. The molecule has 2 rings (SSSR count). The minimum absolute atomic E-state index is 0.00909. The summed E-state index contributed by atoms with van der Waals surface area (Å²) in [4.78, 5) is 36.5. The molecule has 0 unspecified atom stereocenters. The fraction of sp³-hybridized carbons (Fsp3) is 0.267. The molecule has 0 aliphatic rings. The summed E-state index contributed by atoms with van der Waals surface area (Å²) < 4.78 is 24.9. The number of hydrogen-bond donors (Lipinski definition) is 3. The second-order valence-corrected chi connectivity index (χ2v) is 7.46. The lowest BCUT2D eigenvalue weighted by molar-refractivity contribution is -0.116. The highest BCUT2D eigenvalue weighted by atomic mass is 32.2. The fourth-order valence-electron chi connectivity index (χ4n) is 2.03. The van der Waals surface area contributed by atoms with E-state index in [0.717, 1.165) is 10.6 Å². The second kappa shape index (κ2) is 7.34. The van der Waals surface area contributed by atoms with E-state index >= 15 is 0 Å². The molecule has 0 atom stereocenters. The predicted octanol–water partition coefficient (Wildman–Crippen LogP) is 0.0646. The topological polar surface area (TPSA) is 138 Å². The number of nitrogens with zero attached hydrogens (tertiary/aromatic N) is 1. The molecule has 2 aromatic rings. The molecule has 1 amide bonds. The molecule has 0 aliphatic heterocycles. The quantitative estimate of drug-likeness (QED) is 0.617. The minimum atomic E-state index is -3.48. The van der Waals surface area contributed by atoms with Gasteiger partial charge in [-0.2, -0.15) is 0 Å². The zero-order chi connectivity index (χ0) is 18.6. The van der Waals surface area contributed by atoms with E-state index in [-0.39, 0.29) is 35.1 Å². The molecule has 134 valence electrons. The van der Waals surface area contributed by atoms with Crippen molar-refractivity contribution in [1.29, 1.82) is 0 Å². The van der Waals surface area contributed by atoms with E-state index in [1.165, 1.54) is 31.3 Å². The number of anilines is 1. The van der Waals surface area contributed by atoms with Gasteiger partial charge in [0.15, 0.2) is 9.84 Å². The van der Waals surface area contributed by atoms with E-state index < -0.39 is 27.0 Å². The number of aryl methyl sites for hydroxylation is 1. The molecule has 10 heteroatoms. The molecule has 25 heavy (non-hydrogen) atoms. The number of rotatable bonds is 6. The van der Waals surface area contributed by atoms with Crippen molar-refractivity contribution in [2.45, 2.75) is 24.8 Å². The van der Waals surface area contributed by atoms with E-state index in [9.17, 15) is 27.9 Å². The molecule has 1 aromatic carbocycles. The number of hydrogen-bond acceptors (Lipinski definition) is 6. The largest absolute Gasteiger partial charge is 0.506 e. The first kappa shape index (κ1) is 18.5. The molecule has 1 aromatic heterocycles. The van der Waals surface area contributed by atoms with Crippen LogP contribution in [-0.4, -0.2) is 34.7 Å². The number of sulfone groups is 1. The van der Waals surface area contributed by atoms with Crippen LogP contribution in [0, 0.1) is 0 Å². The molecule has 0 radical (unpaired) electrons. The third-order valence-electron chi connectivity index (χ3n) is 3.46. The summed E-state index contributed by atoms with van der Waals surface area (Å²) in [5.74, 6) is -0.913. The van der Waals surface area contributed by atoms with Gasteiger partial charge < -0.3 is 15.0 Å². The Morgan fingerprint density at radius 2 is 2.00 bits per heavy atom. The molecule has 0 saturated carbocycles. The molecular weight excluding hydrogens is 350 g/mol. The number of aromatic amines is 1. The maximum Gasteiger partial charge on any atom is 0.328 e. The number of phenols is 1. The van der Waals surface area contributed by atoms with Crippen LogP contribution in [0.25, 0.3) is 0 Å². The SMILES string of the molecule is CCS(=O)(=O)c1ccc(O)c(NC(=O)CCn2ccc(=O)[nH]c2=O)c1. The molecule has 0 aliphatic carbocycles. The van der Waals surface area contributed by atoms with Crippen LogP contribution in [0.3, 0.4) is 0 Å². The van der Waals surface area contributed by atoms with E-state index in [1.807, 2.05) is 0 Å². The maximum absolute atomic E-state index is 12.0. The molecule has 9 nitrogen and oxygen atoms in total. The number of amides is 1. The minimum Gasteiger partial charge on any atom is -0.506 e. The van der Waals surface area contributed by atoms with Crippen molar-refractivity contribution in [2.24, 2.45) is 0 Å². The van der Waals surface area contributed by atoms with Crippen molar-refractivity contribution in [3.8, 4) is 5.75 Å². The van der Waals surface area contributed by atoms with Crippen LogP contribution in [0.2, 0.25) is 0 Å². The number of carbonyl (C=O) groups is 1. The monoisotopic (exact) mass is 367 g/mol. The van der Waals surface area contributed by atoms with Gasteiger partial charge in [-0.25, -0.2) is 13.2 Å². The first-order chi connectivity index (χ1) is 11.7. The summed E-state index contributed by atoms with van der Waals surface area (Å²) in [5.41, 5.74) is -1.21. The van der Waals surface area contributed by atoms with Gasteiger partial charge in [0.05, 0.1) is 16.3 Å². The van der Waals surface area contributed by atoms with Gasteiger partial charge in [0.1, 0.15) is 5.75 Å². The first-order valence-electron chi connectivity index (χ1n) is 7.38. The summed E-state index contributed by atoms with van der Waals surface area (Å²) in [6.45, 7) is 1.50. The Bertz CT molecular complexity index is 1010. The van der Waals surface area contributed by atoms with Gasteiger partial charge >= 0.3 is 5.69 Å². The zero-order valence-electron chi connectivity index (χ0n) is 13.4. The highest BCUT2D eigenvalue weighted by Gasteiger charge is 2.15. The Kier molecular flexibility index (Phi) is 5.42. The standard InChI is InChI=1S/C15H17N3O6S/c1-2-25(23,24)10-3-4-12(19)11(9-10)16-13(20)5-7-18-8-6-14(21)17-15(18)22/h3-4,6,8-9,19H,2,5,7H2,1H3,(H,16,20)(H,17,21,22). The van der Waals surface area contributed by atoms with E-state index in [4.69, 9.17) is 0 Å². The van der Waals surface area contributed by atoms with Gasteiger partial charge in [0.25, 0.3) is 5.56 Å². The number of H-pyrrole nitrogens is 1. The number of aromatic nitrogens is 2. The van der Waals surface area contributed by atoms with E-state index in [2.05, 4.69) is 10.3 Å². The normalized spacial score (nSPS) is 11.2. The highest BCUT2D eigenvalue weighted by molar-refractivity contribution is 7.91. The Labute approximate surface area is 142 Å². The van der Waals surface area contributed by atoms with Crippen molar-refractivity contribution in [3.63, 3.8) is 0 Å². The van der Waals surface area contributed by atoms with Crippen LogP contribution in [-0.2, 0) is 21.2 Å². The van der Waals surface area contributed by atoms with Gasteiger partial charge in [-0.3, -0.25) is 14.6 Å². The van der Waals surface area contributed by atoms with Crippen molar-refractivity contribution in [3.05, 3.63) is 51.3 Å². The summed E-state index contributed by atoms with van der Waals surface area (Å²) in [6.07, 6.45) is 1.15. The molecule has 0 spiro atoms. The van der Waals surface area contributed by atoms with Crippen LogP contribution in [0.1, 0.15) is 13.3 Å². The first-order valence-corrected chi connectivity index (χ1v) is 9.03. The number of aromatic hydroxyl groups is 1. The van der Waals surface area contributed by atoms with E-state index in [0.29, 0.717) is 0 Å². The molecule has 3 N–H and O–H groups in total. The van der Waals surface area contributed by atoms with Gasteiger partial charge in [-0.05, 0) is 18.2 Å². The highest BCUT2D eigenvalue weighted by Crippen LogP contribution is 2.27. The van der Waals surface area contributed by atoms with Crippen molar-refractivity contribution in [2.75, 3.05) is 11.1 Å². The molecule has 0 saturated heterocycles. The smallest absolute Gasteiger partial charge is 0.328 e. The molecule has 0 bridgehead atoms. The van der Waals surface area contributed by atoms with Crippen molar-refractivity contribution < 1.29 is 18.3 Å². The van der Waals surface area contributed by atoms with Gasteiger partial charge in [-0.15, -0.1) is 0 Å². The number of nitrogens with one attached hydrogen (secondary N) is 2.